The highest BCUT2D eigenvalue weighted by molar-refractivity contribution is 8.33. The highest BCUT2D eigenvalue weighted by Gasteiger charge is 2.86. The van der Waals surface area contributed by atoms with Crippen molar-refractivity contribution in [3.63, 3.8) is 0 Å². The highest BCUT2D eigenvalue weighted by atomic mass is 35.5. The average Bonchev–Trinajstić information content (AvgIpc) is 3.11. The molecule has 0 aliphatic carbocycles. The molecule has 0 fully saturated rings. The Labute approximate surface area is 310 Å². The minimum absolute atomic E-state index is 0.0639. The molecule has 54 heavy (non-hydrogen) atoms. The van der Waals surface area contributed by atoms with E-state index in [2.05, 4.69) is 0 Å². The fourth-order valence-corrected chi connectivity index (χ4v) is 11.3. The first-order chi connectivity index (χ1) is 25.1. The molecule has 19 heteroatoms. The monoisotopic (exact) mass is 844 g/mol. The van der Waals surface area contributed by atoms with Crippen molar-refractivity contribution in [2.75, 3.05) is 0 Å². The molecule has 0 aliphatic rings. The zero-order valence-electron chi connectivity index (χ0n) is 26.4. The summed E-state index contributed by atoms with van der Waals surface area (Å²) in [5, 5.41) is -7.20. The number of carbonyl (C=O) groups is 1. The van der Waals surface area contributed by atoms with Gasteiger partial charge in [0.2, 0.25) is 0 Å². The molecule has 0 aliphatic heterocycles. The number of hydrogen-bond acceptors (Lipinski definition) is 5. The smallest absolute Gasteiger partial charge is 0.289 e. The van der Waals surface area contributed by atoms with E-state index >= 15 is 8.78 Å². The second kappa shape index (κ2) is 14.9. The van der Waals surface area contributed by atoms with Gasteiger partial charge < -0.3 is 0 Å². The summed E-state index contributed by atoms with van der Waals surface area (Å²) in [6.45, 7) is 0. The zero-order valence-corrected chi connectivity index (χ0v) is 29.6. The second-order valence-electron chi connectivity index (χ2n) is 11.0. The first kappa shape index (κ1) is 41.1. The van der Waals surface area contributed by atoms with Gasteiger partial charge in [-0.1, -0.05) is 59.8 Å². The van der Waals surface area contributed by atoms with Gasteiger partial charge in [0.05, 0.1) is 10.6 Å². The Morgan fingerprint density at radius 3 is 1.52 bits per heavy atom. The van der Waals surface area contributed by atoms with Gasteiger partial charge in [0.15, 0.2) is 5.78 Å². The van der Waals surface area contributed by atoms with Crippen LogP contribution >= 0.6 is 33.7 Å². The molecule has 0 saturated carbocycles. The molecule has 0 N–H and O–H groups in total. The van der Waals surface area contributed by atoms with Crippen LogP contribution in [0, 0.1) is 11.6 Å². The van der Waals surface area contributed by atoms with Gasteiger partial charge in [-0.2, -0.15) is 47.9 Å². The number of rotatable bonds is 12. The molecule has 0 spiro atoms. The van der Waals surface area contributed by atoms with Gasteiger partial charge in [-0.3, -0.25) is 4.79 Å². The Morgan fingerprint density at radius 2 is 1.06 bits per heavy atom. The van der Waals surface area contributed by atoms with Gasteiger partial charge in [-0.15, -0.1) is 0 Å². The number of alkyl halides is 9. The summed E-state index contributed by atoms with van der Waals surface area (Å²) in [5.74, 6) is -17.7. The van der Waals surface area contributed by atoms with E-state index in [-0.39, 0.29) is 21.0 Å². The van der Waals surface area contributed by atoms with Crippen molar-refractivity contribution in [2.45, 2.75) is 47.8 Å². The van der Waals surface area contributed by atoms with Crippen LogP contribution in [0.15, 0.2) is 146 Å². The standard InChI is InChI=1S/C35H20ClF11O4S3/c36-28-7-4-8-29(30(28)31(48)21-5-2-1-3-6-21)52-24-13-19-27(20-14-24)53(25-15-9-22(37)10-16-25,26-17-11-23(38)12-18-26)51-54(49,50)35(46,47)33(41,42)32(39,40)34(43,44)45/h1-20H. The van der Waals surface area contributed by atoms with Crippen molar-refractivity contribution in [2.24, 2.45) is 0 Å². The Kier molecular flexibility index (Phi) is 11.3. The second-order valence-corrected chi connectivity index (χ2v) is 17.0. The van der Waals surface area contributed by atoms with E-state index in [1.807, 2.05) is 0 Å². The predicted octanol–water partition coefficient (Wildman–Crippen LogP) is 12.0. The minimum atomic E-state index is -7.64. The first-order valence-electron chi connectivity index (χ1n) is 14.7. The zero-order chi connectivity index (χ0) is 39.9. The van der Waals surface area contributed by atoms with Gasteiger partial charge in [0.25, 0.3) is 0 Å². The van der Waals surface area contributed by atoms with E-state index in [1.54, 1.807) is 30.3 Å². The first-order valence-corrected chi connectivity index (χ1v) is 18.9. The SMILES string of the molecule is O=C(c1ccccc1)c1c(Cl)cccc1Sc1ccc(S(OS(=O)(=O)C(F)(F)C(F)(F)C(F)(F)C(F)(F)F)(c2ccc(F)cc2)c2ccc(F)cc2)cc1. The minimum Gasteiger partial charge on any atom is -0.289 e. The van der Waals surface area contributed by atoms with Crippen molar-refractivity contribution < 1.29 is 65.1 Å². The molecule has 0 atom stereocenters. The lowest BCUT2D eigenvalue weighted by Gasteiger charge is -2.41. The summed E-state index contributed by atoms with van der Waals surface area (Å²) in [6, 6.07) is 22.7. The van der Waals surface area contributed by atoms with Gasteiger partial charge in [-0.05, 0) is 95.2 Å². The number of hydrogen-bond donors (Lipinski definition) is 0. The van der Waals surface area contributed by atoms with Crippen LogP contribution in [0.2, 0.25) is 5.02 Å². The fraction of sp³-hybridized carbons (Fsp3) is 0.114. The molecule has 0 amide bonds. The largest absolute Gasteiger partial charge is 0.460 e. The van der Waals surface area contributed by atoms with E-state index in [9.17, 15) is 52.7 Å². The number of carbonyl (C=O) groups excluding carboxylic acids is 1. The fourth-order valence-electron chi connectivity index (χ4n) is 4.84. The molecule has 286 valence electrons. The summed E-state index contributed by atoms with van der Waals surface area (Å²) < 4.78 is 185. The van der Waals surface area contributed by atoms with E-state index in [1.165, 1.54) is 30.3 Å². The molecule has 0 radical (unpaired) electrons. The Morgan fingerprint density at radius 1 is 0.593 bits per heavy atom. The van der Waals surface area contributed by atoms with Crippen LogP contribution in [0.25, 0.3) is 0 Å². The number of ketones is 1. The lowest BCUT2D eigenvalue weighted by atomic mass is 10.0. The summed E-state index contributed by atoms with van der Waals surface area (Å²) in [5.41, 5.74) is 0.355. The van der Waals surface area contributed by atoms with Gasteiger partial charge in [-0.25, -0.2) is 12.4 Å². The van der Waals surface area contributed by atoms with Crippen molar-refractivity contribution in [1.82, 2.24) is 0 Å². The molecule has 0 heterocycles. The molecule has 0 aromatic heterocycles. The maximum Gasteiger partial charge on any atom is 0.460 e. The Hall–Kier alpha value is -4.10. The van der Waals surface area contributed by atoms with E-state index in [0.29, 0.717) is 29.2 Å². The molecule has 5 aromatic carbocycles. The summed E-state index contributed by atoms with van der Waals surface area (Å²) in [4.78, 5) is 12.3. The van der Waals surface area contributed by atoms with Crippen molar-refractivity contribution in [1.29, 1.82) is 0 Å². The van der Waals surface area contributed by atoms with Crippen molar-refractivity contribution in [3.05, 3.63) is 149 Å². The lowest BCUT2D eigenvalue weighted by Crippen LogP contribution is -2.63. The van der Waals surface area contributed by atoms with Crippen LogP contribution in [0.5, 0.6) is 0 Å². The van der Waals surface area contributed by atoms with Crippen LogP contribution in [0.4, 0.5) is 48.3 Å². The average molecular weight is 845 g/mol. The topological polar surface area (TPSA) is 60.4 Å². The van der Waals surface area contributed by atoms with Gasteiger partial charge in [0.1, 0.15) is 11.6 Å². The van der Waals surface area contributed by atoms with Crippen LogP contribution in [-0.4, -0.2) is 37.5 Å². The van der Waals surface area contributed by atoms with Gasteiger partial charge in [0, 0.05) is 30.0 Å². The number of benzene rings is 5. The van der Waals surface area contributed by atoms with Gasteiger partial charge >= 0.3 is 33.4 Å². The van der Waals surface area contributed by atoms with Crippen LogP contribution in [-0.2, 0) is 13.7 Å². The van der Waals surface area contributed by atoms with Crippen LogP contribution < -0.4 is 0 Å². The third kappa shape index (κ3) is 7.33. The molecular formula is C35H20ClF11O4S3. The molecule has 5 rings (SSSR count). The third-order valence-corrected chi connectivity index (χ3v) is 14.1. The maximum atomic E-state index is 15.2. The summed E-state index contributed by atoms with van der Waals surface area (Å²) in [6.07, 6.45) is -7.35. The molecule has 0 unspecified atom stereocenters. The van der Waals surface area contributed by atoms with E-state index in [0.717, 1.165) is 48.2 Å². The molecule has 5 aromatic rings. The predicted molar refractivity (Wildman–Crippen MR) is 178 cm³/mol. The summed E-state index contributed by atoms with van der Waals surface area (Å²) in [7, 11) is -12.1. The highest BCUT2D eigenvalue weighted by Crippen LogP contribution is 2.71. The third-order valence-electron chi connectivity index (χ3n) is 7.53. The Bertz CT molecular complexity index is 2210. The number of halogens is 12. The Balaban J connectivity index is 1.69. The van der Waals surface area contributed by atoms with E-state index < -0.39 is 75.8 Å². The molecular weight excluding hydrogens is 825 g/mol. The van der Waals surface area contributed by atoms with Crippen molar-refractivity contribution >= 4 is 49.6 Å². The molecule has 0 bridgehead atoms. The normalized spacial score (nSPS) is 13.5. The maximum absolute atomic E-state index is 15.2. The summed E-state index contributed by atoms with van der Waals surface area (Å²) >= 11 is 7.31. The van der Waals surface area contributed by atoms with E-state index in [4.69, 9.17) is 15.2 Å². The molecule has 4 nitrogen and oxygen atoms in total. The quantitative estimate of drug-likeness (QED) is 0.0925. The van der Waals surface area contributed by atoms with Crippen LogP contribution in [0.3, 0.4) is 0 Å². The molecule has 0 saturated heterocycles. The van der Waals surface area contributed by atoms with Crippen molar-refractivity contribution in [3.8, 4) is 0 Å². The lowest BCUT2D eigenvalue weighted by molar-refractivity contribution is -0.382. The van der Waals surface area contributed by atoms with Crippen LogP contribution in [0.1, 0.15) is 15.9 Å².